The number of amides is 1. The summed E-state index contributed by atoms with van der Waals surface area (Å²) in [4.78, 5) is 12.8. The second-order valence-electron chi connectivity index (χ2n) is 4.65. The van der Waals surface area contributed by atoms with Crippen LogP contribution in [0.2, 0.25) is 0 Å². The van der Waals surface area contributed by atoms with E-state index in [0.717, 1.165) is 30.2 Å². The average Bonchev–Trinajstić information content (AvgIpc) is 2.54. The zero-order chi connectivity index (χ0) is 15.1. The van der Waals surface area contributed by atoms with Crippen LogP contribution in [0.15, 0.2) is 48.5 Å². The third-order valence-electron chi connectivity index (χ3n) is 3.34. The molecule has 21 heavy (non-hydrogen) atoms. The maximum Gasteiger partial charge on any atom is 0.211 e. The molecule has 2 aromatic carbocycles. The van der Waals surface area contributed by atoms with Gasteiger partial charge in [-0.3, -0.25) is 4.79 Å². The van der Waals surface area contributed by atoms with Crippen LogP contribution in [-0.4, -0.2) is 20.1 Å². The molecule has 0 fully saturated rings. The Morgan fingerprint density at radius 3 is 2.57 bits per heavy atom. The van der Waals surface area contributed by atoms with Gasteiger partial charge in [0.2, 0.25) is 6.41 Å². The van der Waals surface area contributed by atoms with E-state index in [4.69, 9.17) is 4.74 Å². The minimum Gasteiger partial charge on any atom is -0.495 e. The van der Waals surface area contributed by atoms with Crippen molar-refractivity contribution in [1.29, 1.82) is 0 Å². The van der Waals surface area contributed by atoms with Gasteiger partial charge >= 0.3 is 0 Å². The Hall–Kier alpha value is -2.49. The molecular weight excluding hydrogens is 264 g/mol. The molecule has 0 saturated heterocycles. The smallest absolute Gasteiger partial charge is 0.211 e. The molecule has 0 saturated carbocycles. The molecule has 110 valence electrons. The highest BCUT2D eigenvalue weighted by Crippen LogP contribution is 2.32. The zero-order valence-corrected chi connectivity index (χ0v) is 12.4. The van der Waals surface area contributed by atoms with Crippen LogP contribution < -0.4 is 15.0 Å². The predicted molar refractivity (Wildman–Crippen MR) is 85.8 cm³/mol. The van der Waals surface area contributed by atoms with Crippen molar-refractivity contribution in [3.8, 4) is 5.75 Å². The van der Waals surface area contributed by atoms with Gasteiger partial charge in [0.15, 0.2) is 0 Å². The average molecular weight is 284 g/mol. The number of methoxy groups -OCH3 is 1. The first-order chi connectivity index (χ1) is 10.3. The molecule has 0 atom stereocenters. The molecule has 4 nitrogen and oxygen atoms in total. The van der Waals surface area contributed by atoms with Gasteiger partial charge in [0.05, 0.1) is 12.8 Å². The van der Waals surface area contributed by atoms with Crippen molar-refractivity contribution < 1.29 is 9.53 Å². The van der Waals surface area contributed by atoms with Crippen LogP contribution in [0.5, 0.6) is 5.75 Å². The van der Waals surface area contributed by atoms with Crippen LogP contribution in [0.25, 0.3) is 0 Å². The first kappa shape index (κ1) is 14.9. The van der Waals surface area contributed by atoms with E-state index >= 15 is 0 Å². The van der Waals surface area contributed by atoms with Gasteiger partial charge in [-0.05, 0) is 30.7 Å². The molecule has 4 heteroatoms. The molecule has 0 bridgehead atoms. The van der Waals surface area contributed by atoms with E-state index in [9.17, 15) is 4.79 Å². The van der Waals surface area contributed by atoms with E-state index in [0.29, 0.717) is 6.41 Å². The molecule has 0 radical (unpaired) electrons. The lowest BCUT2D eigenvalue weighted by Crippen LogP contribution is -2.22. The Morgan fingerprint density at radius 1 is 1.19 bits per heavy atom. The number of hydrogen-bond donors (Lipinski definition) is 1. The number of carbonyl (C=O) groups is 1. The fourth-order valence-electron chi connectivity index (χ4n) is 2.27. The standard InChI is InChI=1S/C17H20N2O2/c1-3-19(12-14-7-5-4-6-8-14)16-11-15(18-13-20)9-10-17(16)21-2/h4-11,13H,3,12H2,1-2H3,(H,18,20). The maximum atomic E-state index is 10.6. The Morgan fingerprint density at radius 2 is 1.95 bits per heavy atom. The lowest BCUT2D eigenvalue weighted by molar-refractivity contribution is -0.105. The van der Waals surface area contributed by atoms with E-state index in [1.54, 1.807) is 7.11 Å². The lowest BCUT2D eigenvalue weighted by Gasteiger charge is -2.25. The summed E-state index contributed by atoms with van der Waals surface area (Å²) in [7, 11) is 1.65. The van der Waals surface area contributed by atoms with Gasteiger partial charge in [0.25, 0.3) is 0 Å². The van der Waals surface area contributed by atoms with Crippen LogP contribution in [-0.2, 0) is 11.3 Å². The molecule has 0 aliphatic heterocycles. The Balaban J connectivity index is 2.31. The fraction of sp³-hybridized carbons (Fsp3) is 0.235. The summed E-state index contributed by atoms with van der Waals surface area (Å²) in [5.74, 6) is 0.796. The highest BCUT2D eigenvalue weighted by molar-refractivity contribution is 5.76. The Labute approximate surface area is 125 Å². The summed E-state index contributed by atoms with van der Waals surface area (Å²) in [6.07, 6.45) is 0.680. The molecule has 1 amide bonds. The summed E-state index contributed by atoms with van der Waals surface area (Å²) in [6, 6.07) is 15.9. The van der Waals surface area contributed by atoms with E-state index in [1.165, 1.54) is 5.56 Å². The number of hydrogen-bond acceptors (Lipinski definition) is 3. The Kier molecular flexibility index (Phi) is 5.21. The maximum absolute atomic E-state index is 10.6. The van der Waals surface area contributed by atoms with Crippen molar-refractivity contribution in [1.82, 2.24) is 0 Å². The van der Waals surface area contributed by atoms with Crippen LogP contribution >= 0.6 is 0 Å². The first-order valence-corrected chi connectivity index (χ1v) is 6.95. The molecule has 0 aromatic heterocycles. The third-order valence-corrected chi connectivity index (χ3v) is 3.34. The molecule has 2 aromatic rings. The van der Waals surface area contributed by atoms with Gasteiger partial charge in [-0.1, -0.05) is 30.3 Å². The normalized spacial score (nSPS) is 10.0. The van der Waals surface area contributed by atoms with Crippen molar-refractivity contribution in [3.05, 3.63) is 54.1 Å². The first-order valence-electron chi connectivity index (χ1n) is 6.95. The topological polar surface area (TPSA) is 41.6 Å². The number of anilines is 2. The van der Waals surface area contributed by atoms with Crippen LogP contribution in [0.1, 0.15) is 12.5 Å². The molecular formula is C17H20N2O2. The van der Waals surface area contributed by atoms with Crippen LogP contribution in [0, 0.1) is 0 Å². The summed E-state index contributed by atoms with van der Waals surface area (Å²) < 4.78 is 5.44. The predicted octanol–water partition coefficient (Wildman–Crippen LogP) is 3.29. The number of nitrogens with one attached hydrogen (secondary N) is 1. The zero-order valence-electron chi connectivity index (χ0n) is 12.4. The molecule has 0 spiro atoms. The number of nitrogens with zero attached hydrogens (tertiary/aromatic N) is 1. The van der Waals surface area contributed by atoms with Crippen LogP contribution in [0.4, 0.5) is 11.4 Å². The molecule has 1 N–H and O–H groups in total. The quantitative estimate of drug-likeness (QED) is 0.793. The minimum absolute atomic E-state index is 0.680. The van der Waals surface area contributed by atoms with E-state index in [1.807, 2.05) is 36.4 Å². The molecule has 0 heterocycles. The van der Waals surface area contributed by atoms with E-state index in [-0.39, 0.29) is 0 Å². The van der Waals surface area contributed by atoms with Gasteiger partial charge in [0, 0.05) is 18.8 Å². The minimum atomic E-state index is 0.680. The SMILES string of the molecule is CCN(Cc1ccccc1)c1cc(NC=O)ccc1OC. The molecule has 0 aliphatic rings. The molecule has 2 rings (SSSR count). The highest BCUT2D eigenvalue weighted by atomic mass is 16.5. The largest absolute Gasteiger partial charge is 0.495 e. The van der Waals surface area contributed by atoms with Crippen molar-refractivity contribution in [2.75, 3.05) is 23.9 Å². The van der Waals surface area contributed by atoms with Crippen molar-refractivity contribution in [3.63, 3.8) is 0 Å². The monoisotopic (exact) mass is 284 g/mol. The number of rotatable bonds is 7. The second kappa shape index (κ2) is 7.33. The molecule has 0 aliphatic carbocycles. The van der Waals surface area contributed by atoms with Crippen molar-refractivity contribution in [2.45, 2.75) is 13.5 Å². The lowest BCUT2D eigenvalue weighted by atomic mass is 10.1. The van der Waals surface area contributed by atoms with Gasteiger partial charge in [-0.15, -0.1) is 0 Å². The summed E-state index contributed by atoms with van der Waals surface area (Å²) in [5, 5.41) is 2.68. The van der Waals surface area contributed by atoms with Crippen molar-refractivity contribution >= 4 is 17.8 Å². The van der Waals surface area contributed by atoms with Gasteiger partial charge in [-0.2, -0.15) is 0 Å². The summed E-state index contributed by atoms with van der Waals surface area (Å²) >= 11 is 0. The van der Waals surface area contributed by atoms with E-state index < -0.39 is 0 Å². The summed E-state index contributed by atoms with van der Waals surface area (Å²) in [5.41, 5.74) is 2.96. The molecule has 0 unspecified atom stereocenters. The van der Waals surface area contributed by atoms with E-state index in [2.05, 4.69) is 29.3 Å². The number of ether oxygens (including phenoxy) is 1. The van der Waals surface area contributed by atoms with Gasteiger partial charge in [0.1, 0.15) is 5.75 Å². The van der Waals surface area contributed by atoms with Crippen molar-refractivity contribution in [2.24, 2.45) is 0 Å². The van der Waals surface area contributed by atoms with Gasteiger partial charge in [-0.25, -0.2) is 0 Å². The number of benzene rings is 2. The number of carbonyl (C=O) groups excluding carboxylic acids is 1. The second-order valence-corrected chi connectivity index (χ2v) is 4.65. The van der Waals surface area contributed by atoms with Crippen LogP contribution in [0.3, 0.4) is 0 Å². The Bertz CT molecular complexity index is 585. The third kappa shape index (κ3) is 3.75. The fourth-order valence-corrected chi connectivity index (χ4v) is 2.27. The highest BCUT2D eigenvalue weighted by Gasteiger charge is 2.12. The summed E-state index contributed by atoms with van der Waals surface area (Å²) in [6.45, 7) is 3.73. The van der Waals surface area contributed by atoms with Gasteiger partial charge < -0.3 is 15.0 Å².